The number of benzene rings is 2. The molecule has 6 rings (SSSR count). The lowest BCUT2D eigenvalue weighted by atomic mass is 10.0. The summed E-state index contributed by atoms with van der Waals surface area (Å²) < 4.78 is 1.72. The molecule has 2 aliphatic rings. The summed E-state index contributed by atoms with van der Waals surface area (Å²) in [4.78, 5) is 41.8. The van der Waals surface area contributed by atoms with Crippen LogP contribution < -0.4 is 10.7 Å². The maximum absolute atomic E-state index is 13.2. The summed E-state index contributed by atoms with van der Waals surface area (Å²) in [5.74, 6) is -1.56. The van der Waals surface area contributed by atoms with E-state index in [4.69, 9.17) is 0 Å². The van der Waals surface area contributed by atoms with Crippen LogP contribution in [0.15, 0.2) is 77.9 Å². The van der Waals surface area contributed by atoms with E-state index in [1.165, 1.54) is 6.20 Å². The number of nitriles is 1. The van der Waals surface area contributed by atoms with Crippen LogP contribution in [0.2, 0.25) is 0 Å². The molecule has 2 N–H and O–H groups in total. The van der Waals surface area contributed by atoms with E-state index in [0.29, 0.717) is 36.0 Å². The maximum atomic E-state index is 13.2. The molecule has 182 valence electrons. The van der Waals surface area contributed by atoms with E-state index in [1.807, 2.05) is 48.5 Å². The fourth-order valence-electron chi connectivity index (χ4n) is 4.79. The van der Waals surface area contributed by atoms with Crippen LogP contribution in [0, 0.1) is 17.2 Å². The zero-order valence-corrected chi connectivity index (χ0v) is 19.7. The second kappa shape index (κ2) is 8.42. The molecule has 2 atom stereocenters. The van der Waals surface area contributed by atoms with Crippen molar-refractivity contribution in [1.29, 1.82) is 5.26 Å². The second-order valence-electron chi connectivity index (χ2n) is 9.72. The summed E-state index contributed by atoms with van der Waals surface area (Å²) in [6.07, 6.45) is 4.88. The predicted octanol–water partition coefficient (Wildman–Crippen LogP) is 4.03. The third kappa shape index (κ3) is 4.04. The number of carboxylic acids is 1. The second-order valence-corrected chi connectivity index (χ2v) is 9.72. The van der Waals surface area contributed by atoms with E-state index in [2.05, 4.69) is 16.4 Å². The topological polar surface area (TPSA) is 125 Å². The van der Waals surface area contributed by atoms with E-state index in [0.717, 1.165) is 16.7 Å². The summed E-state index contributed by atoms with van der Waals surface area (Å²) in [7, 11) is 0. The van der Waals surface area contributed by atoms with E-state index in [9.17, 15) is 24.8 Å². The Morgan fingerprint density at radius 2 is 1.86 bits per heavy atom. The largest absolute Gasteiger partial charge is 0.481 e. The number of rotatable bonds is 6. The molecule has 0 spiro atoms. The van der Waals surface area contributed by atoms with Crippen molar-refractivity contribution >= 4 is 22.9 Å². The van der Waals surface area contributed by atoms with Crippen molar-refractivity contribution in [3.8, 4) is 22.9 Å². The summed E-state index contributed by atoms with van der Waals surface area (Å²) in [5.41, 5.74) is 2.66. The fraction of sp³-hybridized carbons (Fsp3) is 0.207. The average molecular weight is 491 g/mol. The molecular weight excluding hydrogens is 468 g/mol. The third-order valence-electron chi connectivity index (χ3n) is 7.23. The molecule has 2 aromatic heterocycles. The number of aliphatic carboxylic acids is 1. The molecule has 2 aromatic carbocycles. The first-order valence-electron chi connectivity index (χ1n) is 12.1. The van der Waals surface area contributed by atoms with Gasteiger partial charge < -0.3 is 15.0 Å². The SMILES string of the molecule is N#CC1(NC(=O)c2cn(-c3cccc(-c4ccc(C5CC5C(=O)O)cc4)c3)c3ncccc3c2=O)CC1. The summed E-state index contributed by atoms with van der Waals surface area (Å²) in [6, 6.07) is 21.0. The van der Waals surface area contributed by atoms with Crippen LogP contribution in [0.25, 0.3) is 27.8 Å². The molecule has 2 fully saturated rings. The molecule has 2 unspecified atom stereocenters. The van der Waals surface area contributed by atoms with Gasteiger partial charge in [0.15, 0.2) is 0 Å². The number of nitrogens with zero attached hydrogens (tertiary/aromatic N) is 3. The zero-order valence-electron chi connectivity index (χ0n) is 19.7. The van der Waals surface area contributed by atoms with E-state index < -0.39 is 22.8 Å². The highest BCUT2D eigenvalue weighted by atomic mass is 16.4. The van der Waals surface area contributed by atoms with Crippen LogP contribution >= 0.6 is 0 Å². The molecule has 1 amide bonds. The van der Waals surface area contributed by atoms with Crippen molar-refractivity contribution in [1.82, 2.24) is 14.9 Å². The quantitative estimate of drug-likeness (QED) is 0.420. The maximum Gasteiger partial charge on any atom is 0.307 e. The predicted molar refractivity (Wildman–Crippen MR) is 136 cm³/mol. The molecule has 2 saturated carbocycles. The first-order valence-corrected chi connectivity index (χ1v) is 12.1. The molecule has 8 nitrogen and oxygen atoms in total. The Balaban J connectivity index is 1.38. The molecule has 4 aromatic rings. The van der Waals surface area contributed by atoms with Crippen LogP contribution in [0.4, 0.5) is 0 Å². The van der Waals surface area contributed by atoms with Gasteiger partial charge in [0.25, 0.3) is 5.91 Å². The Kier molecular flexibility index (Phi) is 5.16. The smallest absolute Gasteiger partial charge is 0.307 e. The zero-order chi connectivity index (χ0) is 25.7. The van der Waals surface area contributed by atoms with Crippen LogP contribution in [0.5, 0.6) is 0 Å². The van der Waals surface area contributed by atoms with Gasteiger partial charge in [-0.2, -0.15) is 5.26 Å². The molecule has 0 aliphatic heterocycles. The lowest BCUT2D eigenvalue weighted by molar-refractivity contribution is -0.138. The number of pyridine rings is 2. The fourth-order valence-corrected chi connectivity index (χ4v) is 4.79. The highest BCUT2D eigenvalue weighted by molar-refractivity contribution is 5.98. The first kappa shape index (κ1) is 22.7. The van der Waals surface area contributed by atoms with E-state index >= 15 is 0 Å². The lowest BCUT2D eigenvalue weighted by Gasteiger charge is -2.15. The van der Waals surface area contributed by atoms with Gasteiger partial charge >= 0.3 is 5.97 Å². The monoisotopic (exact) mass is 490 g/mol. The van der Waals surface area contributed by atoms with Crippen molar-refractivity contribution in [2.24, 2.45) is 5.92 Å². The van der Waals surface area contributed by atoms with Gasteiger partial charge in [-0.25, -0.2) is 4.98 Å². The number of aromatic nitrogens is 2. The molecule has 37 heavy (non-hydrogen) atoms. The summed E-state index contributed by atoms with van der Waals surface area (Å²) in [6.45, 7) is 0. The number of hydrogen-bond acceptors (Lipinski definition) is 5. The molecule has 0 saturated heterocycles. The minimum atomic E-state index is -0.894. The van der Waals surface area contributed by atoms with Crippen LogP contribution in [-0.2, 0) is 4.79 Å². The first-order chi connectivity index (χ1) is 17.9. The van der Waals surface area contributed by atoms with Gasteiger partial charge in [0.1, 0.15) is 16.7 Å². The highest BCUT2D eigenvalue weighted by Gasteiger charge is 2.45. The molecule has 2 aliphatic carbocycles. The number of nitrogens with one attached hydrogen (secondary N) is 1. The van der Waals surface area contributed by atoms with E-state index in [1.54, 1.807) is 22.9 Å². The number of hydrogen-bond donors (Lipinski definition) is 2. The van der Waals surface area contributed by atoms with Gasteiger partial charge in [-0.15, -0.1) is 0 Å². The van der Waals surface area contributed by atoms with Crippen molar-refractivity contribution in [2.45, 2.75) is 30.7 Å². The number of carbonyl (C=O) groups is 2. The van der Waals surface area contributed by atoms with Gasteiger partial charge in [0.2, 0.25) is 5.43 Å². The Hall–Kier alpha value is -4.77. The van der Waals surface area contributed by atoms with Gasteiger partial charge in [0.05, 0.1) is 17.4 Å². The molecule has 0 radical (unpaired) electrons. The normalized spacial score (nSPS) is 19.1. The lowest BCUT2D eigenvalue weighted by Crippen LogP contribution is -2.38. The van der Waals surface area contributed by atoms with Crippen molar-refractivity contribution < 1.29 is 14.7 Å². The highest BCUT2D eigenvalue weighted by Crippen LogP contribution is 2.47. The summed E-state index contributed by atoms with van der Waals surface area (Å²) >= 11 is 0. The Bertz CT molecular complexity index is 1680. The van der Waals surface area contributed by atoms with Crippen LogP contribution in [0.3, 0.4) is 0 Å². The number of amides is 1. The molecule has 2 heterocycles. The summed E-state index contributed by atoms with van der Waals surface area (Å²) in [5, 5.41) is 21.6. The van der Waals surface area contributed by atoms with Crippen LogP contribution in [-0.4, -0.2) is 32.1 Å². The minimum Gasteiger partial charge on any atom is -0.481 e. The number of carboxylic acid groups (broad SMARTS) is 1. The van der Waals surface area contributed by atoms with Crippen molar-refractivity contribution in [2.75, 3.05) is 0 Å². The third-order valence-corrected chi connectivity index (χ3v) is 7.23. The number of carbonyl (C=O) groups excluding carboxylic acids is 1. The van der Waals surface area contributed by atoms with Gasteiger partial charge in [-0.05, 0) is 66.1 Å². The molecule has 0 bridgehead atoms. The van der Waals surface area contributed by atoms with E-state index in [-0.39, 0.29) is 17.4 Å². The van der Waals surface area contributed by atoms with Crippen molar-refractivity contribution in [3.63, 3.8) is 0 Å². The number of fused-ring (bicyclic) bond motifs is 1. The minimum absolute atomic E-state index is 0.0470. The van der Waals surface area contributed by atoms with Crippen LogP contribution in [0.1, 0.15) is 41.1 Å². The Labute approximate surface area is 211 Å². The average Bonchev–Trinajstić information content (AvgIpc) is 3.85. The molecular formula is C29H22N4O4. The van der Waals surface area contributed by atoms with Gasteiger partial charge in [-0.3, -0.25) is 14.4 Å². The standard InChI is InChI=1S/C29H22N4O4/c30-16-29(10-11-29)32-27(35)24-15-33(26-21(25(24)34)5-2-12-31-26)20-4-1-3-19(13-20)17-6-8-18(9-7-17)22-14-23(22)28(36)37/h1-9,12-13,15,22-23H,10-11,14H2,(H,32,35)(H,36,37). The van der Waals surface area contributed by atoms with Gasteiger partial charge in [0, 0.05) is 18.1 Å². The van der Waals surface area contributed by atoms with Crippen molar-refractivity contribution in [3.05, 3.63) is 94.4 Å². The molecule has 8 heteroatoms. The van der Waals surface area contributed by atoms with Gasteiger partial charge in [-0.1, -0.05) is 36.4 Å². The Morgan fingerprint density at radius 1 is 1.08 bits per heavy atom. The Morgan fingerprint density at radius 3 is 2.54 bits per heavy atom.